The smallest absolute Gasteiger partial charge is 0.303 e. The fourth-order valence-corrected chi connectivity index (χ4v) is 2.71. The Morgan fingerprint density at radius 2 is 1.75 bits per heavy atom. The van der Waals surface area contributed by atoms with Gasteiger partial charge in [-0.3, -0.25) is 9.59 Å². The van der Waals surface area contributed by atoms with Gasteiger partial charge in [-0.15, -0.1) is 0 Å². The van der Waals surface area contributed by atoms with E-state index >= 15 is 0 Å². The van der Waals surface area contributed by atoms with Crippen LogP contribution in [0.5, 0.6) is 0 Å². The summed E-state index contributed by atoms with van der Waals surface area (Å²) < 4.78 is 0. The van der Waals surface area contributed by atoms with Crippen molar-refractivity contribution in [2.75, 3.05) is 0 Å². The molecular formula is C19H28O5. The number of ketones is 1. The van der Waals surface area contributed by atoms with Gasteiger partial charge in [0.25, 0.3) is 0 Å². The number of carbonyl (C=O) groups is 2. The lowest BCUT2D eigenvalue weighted by molar-refractivity contribution is -0.137. The van der Waals surface area contributed by atoms with Crippen LogP contribution in [0.3, 0.4) is 0 Å². The van der Waals surface area contributed by atoms with Gasteiger partial charge in [-0.25, -0.2) is 0 Å². The molecule has 0 aliphatic heterocycles. The van der Waals surface area contributed by atoms with Gasteiger partial charge in [0, 0.05) is 6.42 Å². The quantitative estimate of drug-likeness (QED) is 0.593. The molecule has 0 saturated heterocycles. The molecule has 24 heavy (non-hydrogen) atoms. The fraction of sp³-hybridized carbons (Fsp3) is 0.579. The van der Waals surface area contributed by atoms with Crippen LogP contribution in [0.4, 0.5) is 0 Å². The summed E-state index contributed by atoms with van der Waals surface area (Å²) in [5.41, 5.74) is 2.68. The van der Waals surface area contributed by atoms with Crippen molar-refractivity contribution in [3.63, 3.8) is 0 Å². The summed E-state index contributed by atoms with van der Waals surface area (Å²) >= 11 is 0. The minimum atomic E-state index is -1.05. The first-order valence-electron chi connectivity index (χ1n) is 8.33. The molecule has 5 heteroatoms. The van der Waals surface area contributed by atoms with E-state index in [9.17, 15) is 19.8 Å². The van der Waals surface area contributed by atoms with Crippen LogP contribution in [0.2, 0.25) is 0 Å². The minimum Gasteiger partial charge on any atom is -0.481 e. The van der Waals surface area contributed by atoms with E-state index in [1.165, 1.54) is 6.08 Å². The molecule has 3 atom stereocenters. The van der Waals surface area contributed by atoms with E-state index < -0.39 is 24.1 Å². The molecule has 1 aliphatic carbocycles. The van der Waals surface area contributed by atoms with Gasteiger partial charge < -0.3 is 15.3 Å². The highest BCUT2D eigenvalue weighted by molar-refractivity contribution is 5.94. The van der Waals surface area contributed by atoms with Crippen molar-refractivity contribution in [3.8, 4) is 0 Å². The highest BCUT2D eigenvalue weighted by atomic mass is 16.4. The van der Waals surface area contributed by atoms with Crippen LogP contribution in [0, 0.1) is 5.92 Å². The third-order valence-electron chi connectivity index (χ3n) is 4.42. The predicted molar refractivity (Wildman–Crippen MR) is 92.5 cm³/mol. The first kappa shape index (κ1) is 20.3. The molecule has 0 amide bonds. The molecule has 0 aromatic heterocycles. The van der Waals surface area contributed by atoms with Crippen molar-refractivity contribution in [3.05, 3.63) is 34.9 Å². The molecule has 1 rings (SSSR count). The van der Waals surface area contributed by atoms with E-state index in [1.807, 2.05) is 26.0 Å². The maximum Gasteiger partial charge on any atom is 0.303 e. The average molecular weight is 336 g/mol. The van der Waals surface area contributed by atoms with Gasteiger partial charge in [-0.2, -0.15) is 0 Å². The Morgan fingerprint density at radius 3 is 2.38 bits per heavy atom. The Bertz CT molecular complexity index is 556. The van der Waals surface area contributed by atoms with Crippen LogP contribution in [0.1, 0.15) is 52.9 Å². The van der Waals surface area contributed by atoms with Crippen LogP contribution in [0.25, 0.3) is 0 Å². The van der Waals surface area contributed by atoms with E-state index in [1.54, 1.807) is 6.92 Å². The molecule has 0 spiro atoms. The van der Waals surface area contributed by atoms with E-state index in [2.05, 4.69) is 0 Å². The maximum atomic E-state index is 12.0. The summed E-state index contributed by atoms with van der Waals surface area (Å²) in [6.07, 6.45) is 6.12. The summed E-state index contributed by atoms with van der Waals surface area (Å²) in [6, 6.07) is 0. The van der Waals surface area contributed by atoms with Crippen molar-refractivity contribution in [1.29, 1.82) is 0 Å². The number of allylic oxidation sites excluding steroid dienone is 5. The molecule has 5 nitrogen and oxygen atoms in total. The molecule has 1 aliphatic rings. The third kappa shape index (κ3) is 6.42. The Balaban J connectivity index is 2.48. The number of rotatable bonds is 8. The lowest BCUT2D eigenvalue weighted by Gasteiger charge is -2.29. The van der Waals surface area contributed by atoms with Crippen molar-refractivity contribution in [2.24, 2.45) is 5.92 Å². The molecule has 3 N–H and O–H groups in total. The van der Waals surface area contributed by atoms with Crippen molar-refractivity contribution in [1.82, 2.24) is 0 Å². The van der Waals surface area contributed by atoms with Crippen LogP contribution >= 0.6 is 0 Å². The summed E-state index contributed by atoms with van der Waals surface area (Å²) in [4.78, 5) is 22.5. The Labute approximate surface area is 143 Å². The van der Waals surface area contributed by atoms with Gasteiger partial charge in [-0.05, 0) is 58.1 Å². The van der Waals surface area contributed by atoms with E-state index in [-0.39, 0.29) is 12.2 Å². The van der Waals surface area contributed by atoms with Gasteiger partial charge >= 0.3 is 5.97 Å². The van der Waals surface area contributed by atoms with Crippen LogP contribution in [-0.4, -0.2) is 39.3 Å². The highest BCUT2D eigenvalue weighted by Crippen LogP contribution is 2.25. The Hall–Kier alpha value is -1.72. The number of hydrogen-bond donors (Lipinski definition) is 3. The van der Waals surface area contributed by atoms with E-state index in [0.717, 1.165) is 24.0 Å². The summed E-state index contributed by atoms with van der Waals surface area (Å²) in [7, 11) is 0. The standard InChI is InChI=1S/C19H28O5/c1-12(5-4-6-13(2)8-10-17(21)22)7-9-15-16(20)11-14(3)18(23)19(15)24/h6-7,11,15,18-19,23-24H,4-5,8-10H2,1-3H3,(H,21,22)/b12-7+,13-6+/t15-,18+,19-/m0/s1. The molecule has 0 aromatic rings. The maximum absolute atomic E-state index is 12.0. The summed E-state index contributed by atoms with van der Waals surface area (Å²) in [5, 5.41) is 28.5. The van der Waals surface area contributed by atoms with Gasteiger partial charge in [0.05, 0.1) is 12.0 Å². The molecule has 0 saturated carbocycles. The van der Waals surface area contributed by atoms with Gasteiger partial charge in [-0.1, -0.05) is 23.3 Å². The molecule has 0 unspecified atom stereocenters. The molecule has 134 valence electrons. The number of aliphatic carboxylic acids is 1. The highest BCUT2D eigenvalue weighted by Gasteiger charge is 2.35. The number of carbonyl (C=O) groups excluding carboxylic acids is 1. The van der Waals surface area contributed by atoms with Gasteiger partial charge in [0.2, 0.25) is 0 Å². The third-order valence-corrected chi connectivity index (χ3v) is 4.42. The lowest BCUT2D eigenvalue weighted by Crippen LogP contribution is -2.41. The van der Waals surface area contributed by atoms with Crippen molar-refractivity contribution in [2.45, 2.75) is 65.1 Å². The largest absolute Gasteiger partial charge is 0.481 e. The van der Waals surface area contributed by atoms with Gasteiger partial charge in [0.15, 0.2) is 5.78 Å². The zero-order chi connectivity index (χ0) is 18.3. The zero-order valence-electron chi connectivity index (χ0n) is 14.7. The molecule has 0 aromatic carbocycles. The zero-order valence-corrected chi connectivity index (χ0v) is 14.7. The fourth-order valence-electron chi connectivity index (χ4n) is 2.71. The summed E-state index contributed by atoms with van der Waals surface area (Å²) in [5.74, 6) is -1.52. The minimum absolute atomic E-state index is 0.140. The van der Waals surface area contributed by atoms with E-state index in [0.29, 0.717) is 18.4 Å². The Morgan fingerprint density at radius 1 is 1.12 bits per heavy atom. The average Bonchev–Trinajstić information content (AvgIpc) is 2.50. The normalized spacial score (nSPS) is 25.6. The van der Waals surface area contributed by atoms with Crippen LogP contribution in [0.15, 0.2) is 34.9 Å². The molecular weight excluding hydrogens is 308 g/mol. The molecule has 0 radical (unpaired) electrons. The number of aliphatic hydroxyl groups is 2. The summed E-state index contributed by atoms with van der Waals surface area (Å²) in [6.45, 7) is 5.54. The second-order valence-electron chi connectivity index (χ2n) is 6.60. The van der Waals surface area contributed by atoms with Gasteiger partial charge in [0.1, 0.15) is 6.10 Å². The van der Waals surface area contributed by atoms with Crippen molar-refractivity contribution < 1.29 is 24.9 Å². The molecule has 0 fully saturated rings. The topological polar surface area (TPSA) is 94.8 Å². The van der Waals surface area contributed by atoms with E-state index in [4.69, 9.17) is 5.11 Å². The number of aliphatic hydroxyl groups excluding tert-OH is 2. The predicted octanol–water partition coefficient (Wildman–Crippen LogP) is 2.78. The van der Waals surface area contributed by atoms with Crippen LogP contribution < -0.4 is 0 Å². The number of hydrogen-bond acceptors (Lipinski definition) is 4. The molecule has 0 heterocycles. The number of carboxylic acid groups (broad SMARTS) is 1. The Kier molecular flexibility index (Phi) is 8.08. The van der Waals surface area contributed by atoms with Crippen molar-refractivity contribution >= 4 is 11.8 Å². The SMILES string of the molecule is CC1=CC(=O)[C@H](C/C=C(\C)CC/C=C(\C)CCC(=O)O)[C@H](O)[C@@H]1O. The number of carboxylic acids is 1. The second kappa shape index (κ2) is 9.55. The second-order valence-corrected chi connectivity index (χ2v) is 6.60. The lowest BCUT2D eigenvalue weighted by atomic mass is 9.82. The first-order valence-corrected chi connectivity index (χ1v) is 8.33. The molecule has 0 bridgehead atoms. The first-order chi connectivity index (χ1) is 11.2. The monoisotopic (exact) mass is 336 g/mol. The van der Waals surface area contributed by atoms with Crippen LogP contribution in [-0.2, 0) is 9.59 Å².